The molecule has 19 heavy (non-hydrogen) atoms. The number of anilines is 1. The number of para-hydroxylation sites is 1. The van der Waals surface area contributed by atoms with Crippen molar-refractivity contribution in [1.29, 1.82) is 0 Å². The highest BCUT2D eigenvalue weighted by atomic mass is 79.9. The van der Waals surface area contributed by atoms with E-state index in [-0.39, 0.29) is 5.91 Å². The zero-order valence-electron chi connectivity index (χ0n) is 10.4. The molecule has 0 unspecified atom stereocenters. The molecule has 98 valence electrons. The lowest BCUT2D eigenvalue weighted by Gasteiger charge is -2.21. The Morgan fingerprint density at radius 2 is 1.89 bits per heavy atom. The molecule has 2 rings (SSSR count). The Morgan fingerprint density at radius 3 is 2.47 bits per heavy atom. The average Bonchev–Trinajstić information content (AvgIpc) is 2.40. The zero-order valence-corrected chi connectivity index (χ0v) is 12.8. The van der Waals surface area contributed by atoms with E-state index in [1.165, 1.54) is 0 Å². The van der Waals surface area contributed by atoms with Crippen molar-refractivity contribution in [2.75, 3.05) is 11.4 Å². The third-order valence-corrected chi connectivity index (χ3v) is 3.68. The Hall–Kier alpha value is -1.32. The predicted molar refractivity (Wildman–Crippen MR) is 82.9 cm³/mol. The predicted octanol–water partition coefficient (Wildman–Crippen LogP) is 4.77. The van der Waals surface area contributed by atoms with Crippen LogP contribution in [0.4, 0.5) is 5.69 Å². The van der Waals surface area contributed by atoms with Gasteiger partial charge in [-0.1, -0.05) is 29.8 Å². The Balaban J connectivity index is 2.36. The fourth-order valence-corrected chi connectivity index (χ4v) is 2.71. The third kappa shape index (κ3) is 3.17. The van der Waals surface area contributed by atoms with Crippen LogP contribution in [0.3, 0.4) is 0 Å². The molecule has 0 bridgehead atoms. The number of rotatable bonds is 3. The molecular weight excluding hydrogens is 326 g/mol. The van der Waals surface area contributed by atoms with Gasteiger partial charge in [-0.05, 0) is 53.2 Å². The first kappa shape index (κ1) is 14.1. The maximum absolute atomic E-state index is 12.6. The first-order chi connectivity index (χ1) is 9.13. The lowest BCUT2D eigenvalue weighted by Crippen LogP contribution is -2.30. The fourth-order valence-electron chi connectivity index (χ4n) is 1.86. The molecule has 0 aromatic heterocycles. The molecule has 0 saturated heterocycles. The van der Waals surface area contributed by atoms with E-state index in [2.05, 4.69) is 15.9 Å². The minimum Gasteiger partial charge on any atom is -0.309 e. The second-order valence-electron chi connectivity index (χ2n) is 4.01. The van der Waals surface area contributed by atoms with E-state index in [0.717, 1.165) is 5.69 Å². The van der Waals surface area contributed by atoms with Crippen LogP contribution in [0.1, 0.15) is 17.3 Å². The van der Waals surface area contributed by atoms with Gasteiger partial charge >= 0.3 is 0 Å². The summed E-state index contributed by atoms with van der Waals surface area (Å²) in [6.45, 7) is 2.56. The molecule has 0 aliphatic heterocycles. The van der Waals surface area contributed by atoms with Crippen LogP contribution in [0.5, 0.6) is 0 Å². The van der Waals surface area contributed by atoms with Crippen LogP contribution < -0.4 is 4.90 Å². The summed E-state index contributed by atoms with van der Waals surface area (Å²) in [4.78, 5) is 14.3. The average molecular weight is 339 g/mol. The maximum Gasteiger partial charge on any atom is 0.259 e. The van der Waals surface area contributed by atoms with E-state index in [9.17, 15) is 4.79 Å². The van der Waals surface area contributed by atoms with Gasteiger partial charge in [-0.3, -0.25) is 4.79 Å². The summed E-state index contributed by atoms with van der Waals surface area (Å²) in [6, 6.07) is 14.8. The van der Waals surface area contributed by atoms with Crippen LogP contribution in [-0.2, 0) is 0 Å². The molecule has 0 heterocycles. The van der Waals surface area contributed by atoms with Gasteiger partial charge < -0.3 is 4.90 Å². The van der Waals surface area contributed by atoms with Crippen LogP contribution >= 0.6 is 27.5 Å². The molecule has 0 atom stereocenters. The van der Waals surface area contributed by atoms with E-state index in [1.807, 2.05) is 37.3 Å². The van der Waals surface area contributed by atoms with Gasteiger partial charge in [0.25, 0.3) is 5.91 Å². The second-order valence-corrected chi connectivity index (χ2v) is 5.30. The quantitative estimate of drug-likeness (QED) is 0.789. The molecule has 2 nitrogen and oxygen atoms in total. The number of carbonyl (C=O) groups is 1. The molecule has 2 aromatic carbocycles. The van der Waals surface area contributed by atoms with Crippen LogP contribution in [0.25, 0.3) is 0 Å². The van der Waals surface area contributed by atoms with Gasteiger partial charge in [0.05, 0.1) is 5.56 Å². The number of amides is 1. The van der Waals surface area contributed by atoms with E-state index >= 15 is 0 Å². The second kappa shape index (κ2) is 6.22. The van der Waals surface area contributed by atoms with Crippen molar-refractivity contribution >= 4 is 39.1 Å². The lowest BCUT2D eigenvalue weighted by molar-refractivity contribution is 0.0987. The van der Waals surface area contributed by atoms with Crippen molar-refractivity contribution in [2.45, 2.75) is 6.92 Å². The van der Waals surface area contributed by atoms with E-state index in [4.69, 9.17) is 11.6 Å². The summed E-state index contributed by atoms with van der Waals surface area (Å²) < 4.78 is 0.708. The number of carbonyl (C=O) groups excluding carboxylic acids is 1. The van der Waals surface area contributed by atoms with Crippen LogP contribution in [0.2, 0.25) is 5.02 Å². The van der Waals surface area contributed by atoms with E-state index < -0.39 is 0 Å². The molecule has 2 aromatic rings. The largest absolute Gasteiger partial charge is 0.309 e. The normalized spacial score (nSPS) is 10.3. The van der Waals surface area contributed by atoms with Gasteiger partial charge in [0.15, 0.2) is 0 Å². The first-order valence-electron chi connectivity index (χ1n) is 5.95. The van der Waals surface area contributed by atoms with Gasteiger partial charge in [-0.15, -0.1) is 0 Å². The van der Waals surface area contributed by atoms with Crippen molar-refractivity contribution in [2.24, 2.45) is 0 Å². The fraction of sp³-hybridized carbons (Fsp3) is 0.133. The molecule has 0 saturated carbocycles. The Bertz CT molecular complexity index is 586. The van der Waals surface area contributed by atoms with Crippen molar-refractivity contribution < 1.29 is 4.79 Å². The highest BCUT2D eigenvalue weighted by molar-refractivity contribution is 9.10. The molecule has 0 aliphatic rings. The van der Waals surface area contributed by atoms with E-state index in [0.29, 0.717) is 21.6 Å². The van der Waals surface area contributed by atoms with Gasteiger partial charge in [-0.2, -0.15) is 0 Å². The number of hydrogen-bond acceptors (Lipinski definition) is 1. The molecule has 4 heteroatoms. The molecule has 0 aliphatic carbocycles. The van der Waals surface area contributed by atoms with Crippen molar-refractivity contribution in [3.63, 3.8) is 0 Å². The monoisotopic (exact) mass is 337 g/mol. The Morgan fingerprint density at radius 1 is 1.21 bits per heavy atom. The van der Waals surface area contributed by atoms with Crippen LogP contribution in [0, 0.1) is 0 Å². The highest BCUT2D eigenvalue weighted by Crippen LogP contribution is 2.25. The smallest absolute Gasteiger partial charge is 0.259 e. The van der Waals surface area contributed by atoms with Gasteiger partial charge in [-0.25, -0.2) is 0 Å². The van der Waals surface area contributed by atoms with Crippen LogP contribution in [-0.4, -0.2) is 12.5 Å². The molecule has 0 N–H and O–H groups in total. The molecule has 1 amide bonds. The summed E-state index contributed by atoms with van der Waals surface area (Å²) in [5, 5.41) is 0.603. The number of nitrogens with zero attached hydrogens (tertiary/aromatic N) is 1. The lowest BCUT2D eigenvalue weighted by atomic mass is 10.2. The van der Waals surface area contributed by atoms with Gasteiger partial charge in [0.1, 0.15) is 0 Å². The molecule has 0 fully saturated rings. The standard InChI is InChI=1S/C15H13BrClNO/c1-2-18(12-6-4-3-5-7-12)15(19)13-9-8-11(17)10-14(13)16/h3-10H,2H2,1H3. The van der Waals surface area contributed by atoms with Crippen molar-refractivity contribution in [3.05, 3.63) is 63.6 Å². The maximum atomic E-state index is 12.6. The van der Waals surface area contributed by atoms with E-state index in [1.54, 1.807) is 23.1 Å². The number of halogens is 2. The third-order valence-electron chi connectivity index (χ3n) is 2.79. The minimum atomic E-state index is -0.0442. The summed E-state index contributed by atoms with van der Waals surface area (Å²) in [6.07, 6.45) is 0. The summed E-state index contributed by atoms with van der Waals surface area (Å²) in [7, 11) is 0. The molecule has 0 spiro atoms. The molecular formula is C15H13BrClNO. The van der Waals surface area contributed by atoms with Gasteiger partial charge in [0, 0.05) is 21.7 Å². The molecule has 0 radical (unpaired) electrons. The minimum absolute atomic E-state index is 0.0442. The zero-order chi connectivity index (χ0) is 13.8. The number of hydrogen-bond donors (Lipinski definition) is 0. The highest BCUT2D eigenvalue weighted by Gasteiger charge is 2.18. The topological polar surface area (TPSA) is 20.3 Å². The Labute approximate surface area is 126 Å². The Kier molecular flexibility index (Phi) is 4.61. The van der Waals surface area contributed by atoms with Crippen molar-refractivity contribution in [3.8, 4) is 0 Å². The van der Waals surface area contributed by atoms with Crippen LogP contribution in [0.15, 0.2) is 53.0 Å². The van der Waals surface area contributed by atoms with Crippen molar-refractivity contribution in [1.82, 2.24) is 0 Å². The van der Waals surface area contributed by atoms with Gasteiger partial charge in [0.2, 0.25) is 0 Å². The summed E-state index contributed by atoms with van der Waals surface area (Å²) in [5.74, 6) is -0.0442. The summed E-state index contributed by atoms with van der Waals surface area (Å²) in [5.41, 5.74) is 1.49. The first-order valence-corrected chi connectivity index (χ1v) is 7.12. The summed E-state index contributed by atoms with van der Waals surface area (Å²) >= 11 is 9.28. The SMILES string of the molecule is CCN(C(=O)c1ccc(Cl)cc1Br)c1ccccc1. The number of benzene rings is 2.